The molecule has 126 valence electrons. The normalized spacial score (nSPS) is 11.6. The minimum atomic E-state index is -4.22. The van der Waals surface area contributed by atoms with Gasteiger partial charge in [-0.25, -0.2) is 5.01 Å². The summed E-state index contributed by atoms with van der Waals surface area (Å²) in [4.78, 5) is -0.186. The zero-order valence-electron chi connectivity index (χ0n) is 13.1. The molecule has 0 amide bonds. The first-order valence-electron chi connectivity index (χ1n) is 7.43. The predicted octanol–water partition coefficient (Wildman–Crippen LogP) is 4.77. The number of hydrogen-bond donors (Lipinski definition) is 1. The van der Waals surface area contributed by atoms with Crippen molar-refractivity contribution < 1.29 is 13.0 Å². The van der Waals surface area contributed by atoms with E-state index in [2.05, 4.69) is 10.3 Å². The van der Waals surface area contributed by atoms with Gasteiger partial charge in [0.2, 0.25) is 0 Å². The maximum atomic E-state index is 11.1. The van der Waals surface area contributed by atoms with E-state index in [1.54, 1.807) is 5.01 Å². The Labute approximate surface area is 145 Å². The fraction of sp³-hybridized carbons (Fsp3) is 0. The largest absolute Gasteiger partial charge is 0.294 e. The zero-order valence-corrected chi connectivity index (χ0v) is 13.9. The summed E-state index contributed by atoms with van der Waals surface area (Å²) in [6, 6.07) is 24.6. The third kappa shape index (κ3) is 4.28. The van der Waals surface area contributed by atoms with Crippen LogP contribution in [0.3, 0.4) is 0 Å². The van der Waals surface area contributed by atoms with Gasteiger partial charge in [-0.05, 0) is 48.5 Å². The monoisotopic (exact) mass is 353 g/mol. The van der Waals surface area contributed by atoms with Crippen molar-refractivity contribution in [2.45, 2.75) is 4.90 Å². The molecule has 25 heavy (non-hydrogen) atoms. The molecule has 0 saturated carbocycles. The van der Waals surface area contributed by atoms with Gasteiger partial charge in [-0.3, -0.25) is 4.55 Å². The lowest BCUT2D eigenvalue weighted by molar-refractivity contribution is 0.483. The summed E-state index contributed by atoms with van der Waals surface area (Å²) >= 11 is 0. The Kier molecular flexibility index (Phi) is 4.87. The molecule has 1 N–H and O–H groups in total. The van der Waals surface area contributed by atoms with Crippen molar-refractivity contribution in [3.05, 3.63) is 84.9 Å². The van der Waals surface area contributed by atoms with Crippen LogP contribution >= 0.6 is 0 Å². The second-order valence-electron chi connectivity index (χ2n) is 5.14. The topological polar surface area (TPSA) is 82.3 Å². The van der Waals surface area contributed by atoms with Gasteiger partial charge >= 0.3 is 0 Å². The molecule has 3 rings (SSSR count). The van der Waals surface area contributed by atoms with E-state index in [-0.39, 0.29) is 4.90 Å². The van der Waals surface area contributed by atoms with E-state index in [1.165, 1.54) is 24.3 Å². The average Bonchev–Trinajstić information content (AvgIpc) is 2.63. The van der Waals surface area contributed by atoms with Crippen LogP contribution < -0.4 is 5.01 Å². The summed E-state index contributed by atoms with van der Waals surface area (Å²) < 4.78 is 31.2. The Morgan fingerprint density at radius 2 is 1.20 bits per heavy atom. The summed E-state index contributed by atoms with van der Waals surface area (Å²) in [5.74, 6) is 0. The van der Waals surface area contributed by atoms with Crippen molar-refractivity contribution in [2.24, 2.45) is 10.3 Å². The van der Waals surface area contributed by atoms with Gasteiger partial charge < -0.3 is 0 Å². The molecule has 0 aliphatic rings. The Morgan fingerprint density at radius 3 is 1.64 bits per heavy atom. The number of nitrogens with zero attached hydrogens (tertiary/aromatic N) is 3. The molecule has 6 nitrogen and oxygen atoms in total. The van der Waals surface area contributed by atoms with Crippen molar-refractivity contribution in [1.29, 1.82) is 0 Å². The van der Waals surface area contributed by atoms with Gasteiger partial charge in [0.15, 0.2) is 0 Å². The summed E-state index contributed by atoms with van der Waals surface area (Å²) in [6.45, 7) is 0. The van der Waals surface area contributed by atoms with Gasteiger partial charge in [-0.15, -0.1) is 5.11 Å². The van der Waals surface area contributed by atoms with Gasteiger partial charge in [0.1, 0.15) is 0 Å². The highest BCUT2D eigenvalue weighted by molar-refractivity contribution is 7.85. The third-order valence-corrected chi connectivity index (χ3v) is 4.25. The lowest BCUT2D eigenvalue weighted by atomic mass is 10.2. The Hall–Kier alpha value is -3.03. The summed E-state index contributed by atoms with van der Waals surface area (Å²) in [5.41, 5.74) is 2.14. The number of para-hydroxylation sites is 2. The maximum absolute atomic E-state index is 11.1. The fourth-order valence-electron chi connectivity index (χ4n) is 2.17. The first kappa shape index (κ1) is 16.8. The quantitative estimate of drug-likeness (QED) is 0.407. The SMILES string of the molecule is O=S(=O)(O)c1ccc(N=NN(c2ccccc2)c2ccccc2)cc1. The first-order chi connectivity index (χ1) is 12.0. The van der Waals surface area contributed by atoms with Crippen LogP contribution in [0.5, 0.6) is 0 Å². The van der Waals surface area contributed by atoms with Crippen LogP contribution in [-0.4, -0.2) is 13.0 Å². The number of benzene rings is 3. The number of hydrogen-bond acceptors (Lipinski definition) is 4. The summed E-state index contributed by atoms with van der Waals surface area (Å²) in [7, 11) is -4.22. The summed E-state index contributed by atoms with van der Waals surface area (Å²) in [5, 5.41) is 10.1. The van der Waals surface area contributed by atoms with Crippen LogP contribution in [0.2, 0.25) is 0 Å². The average molecular weight is 353 g/mol. The second kappa shape index (κ2) is 7.25. The number of rotatable bonds is 5. The van der Waals surface area contributed by atoms with Crippen molar-refractivity contribution in [3.63, 3.8) is 0 Å². The summed E-state index contributed by atoms with van der Waals surface area (Å²) in [6.07, 6.45) is 0. The second-order valence-corrected chi connectivity index (χ2v) is 6.56. The lowest BCUT2D eigenvalue weighted by Gasteiger charge is -2.17. The highest BCUT2D eigenvalue weighted by Crippen LogP contribution is 2.27. The molecule has 0 aliphatic heterocycles. The van der Waals surface area contributed by atoms with Gasteiger partial charge in [0.25, 0.3) is 10.1 Å². The molecule has 0 saturated heterocycles. The van der Waals surface area contributed by atoms with Gasteiger partial charge in [0, 0.05) is 0 Å². The molecule has 3 aromatic carbocycles. The van der Waals surface area contributed by atoms with Crippen LogP contribution in [0.15, 0.2) is 100 Å². The van der Waals surface area contributed by atoms with Crippen molar-refractivity contribution in [3.8, 4) is 0 Å². The van der Waals surface area contributed by atoms with E-state index in [4.69, 9.17) is 4.55 Å². The van der Waals surface area contributed by atoms with Gasteiger partial charge in [-0.1, -0.05) is 41.6 Å². The molecule has 3 aromatic rings. The standard InChI is InChI=1S/C18H15N3O3S/c22-25(23,24)18-13-11-15(12-14-18)19-20-21(16-7-3-1-4-8-16)17-9-5-2-6-10-17/h1-14H,(H,22,23,24). The molecule has 0 bridgehead atoms. The Bertz CT molecular complexity index is 918. The van der Waals surface area contributed by atoms with Crippen molar-refractivity contribution in [2.75, 3.05) is 5.01 Å². The van der Waals surface area contributed by atoms with Crippen LogP contribution in [0.4, 0.5) is 17.1 Å². The van der Waals surface area contributed by atoms with Crippen LogP contribution in [0.1, 0.15) is 0 Å². The molecule has 0 spiro atoms. The minimum absolute atomic E-state index is 0.186. The molecule has 0 radical (unpaired) electrons. The molecule has 0 atom stereocenters. The van der Waals surface area contributed by atoms with E-state index in [0.29, 0.717) is 5.69 Å². The van der Waals surface area contributed by atoms with Gasteiger partial charge in [-0.2, -0.15) is 8.42 Å². The fourth-order valence-corrected chi connectivity index (χ4v) is 2.65. The van der Waals surface area contributed by atoms with E-state index in [9.17, 15) is 8.42 Å². The Balaban J connectivity index is 1.92. The van der Waals surface area contributed by atoms with E-state index >= 15 is 0 Å². The van der Waals surface area contributed by atoms with E-state index in [0.717, 1.165) is 11.4 Å². The molecular formula is C18H15N3O3S. The molecule has 0 heterocycles. The maximum Gasteiger partial charge on any atom is 0.294 e. The van der Waals surface area contributed by atoms with Gasteiger partial charge in [0.05, 0.1) is 22.0 Å². The molecular weight excluding hydrogens is 338 g/mol. The van der Waals surface area contributed by atoms with Crippen molar-refractivity contribution >= 4 is 27.2 Å². The predicted molar refractivity (Wildman–Crippen MR) is 95.8 cm³/mol. The molecule has 0 fully saturated rings. The Morgan fingerprint density at radius 1 is 0.720 bits per heavy atom. The van der Waals surface area contributed by atoms with Crippen molar-refractivity contribution in [1.82, 2.24) is 0 Å². The first-order valence-corrected chi connectivity index (χ1v) is 8.87. The molecule has 0 unspecified atom stereocenters. The minimum Gasteiger partial charge on any atom is -0.282 e. The molecule has 0 aromatic heterocycles. The zero-order chi connectivity index (χ0) is 17.7. The van der Waals surface area contributed by atoms with Crippen LogP contribution in [0.25, 0.3) is 0 Å². The number of anilines is 2. The third-order valence-electron chi connectivity index (χ3n) is 3.39. The van der Waals surface area contributed by atoms with E-state index in [1.807, 2.05) is 60.7 Å². The van der Waals surface area contributed by atoms with E-state index < -0.39 is 10.1 Å². The molecule has 7 heteroatoms. The highest BCUT2D eigenvalue weighted by atomic mass is 32.2. The lowest BCUT2D eigenvalue weighted by Crippen LogP contribution is -2.07. The smallest absolute Gasteiger partial charge is 0.282 e. The van der Waals surface area contributed by atoms with Crippen LogP contribution in [-0.2, 0) is 10.1 Å². The highest BCUT2D eigenvalue weighted by Gasteiger charge is 2.09. The van der Waals surface area contributed by atoms with Crippen LogP contribution in [0, 0.1) is 0 Å². The molecule has 0 aliphatic carbocycles.